The Morgan fingerprint density at radius 3 is 2.42 bits per heavy atom. The van der Waals surface area contributed by atoms with E-state index in [-0.39, 0.29) is 0 Å². The second kappa shape index (κ2) is 10.8. The predicted molar refractivity (Wildman–Crippen MR) is 112 cm³/mol. The number of rotatable bonds is 10. The van der Waals surface area contributed by atoms with Crippen molar-refractivity contribution in [2.75, 3.05) is 6.54 Å². The topological polar surface area (TPSA) is 21.6 Å². The highest BCUT2D eigenvalue weighted by molar-refractivity contribution is 5.79. The molecule has 0 aliphatic heterocycles. The first-order chi connectivity index (χ1) is 12.6. The molecule has 0 radical (unpaired) electrons. The van der Waals surface area contributed by atoms with E-state index in [0.717, 1.165) is 17.9 Å². The summed E-state index contributed by atoms with van der Waals surface area (Å²) in [5.74, 6) is 1.61. The molecule has 2 aromatic rings. The molecule has 0 fully saturated rings. The molecule has 1 unspecified atom stereocenters. The maximum absolute atomic E-state index is 5.90. The molecule has 2 rings (SSSR count). The monoisotopic (exact) mass is 351 g/mol. The largest absolute Gasteiger partial charge is 0.489 e. The van der Waals surface area contributed by atoms with Crippen LogP contribution in [0.25, 0.3) is 0 Å². The molecule has 2 heteroatoms. The second-order valence-electron chi connectivity index (χ2n) is 7.19. The molecule has 140 valence electrons. The lowest BCUT2D eigenvalue weighted by Gasteiger charge is -2.10. The molecule has 0 saturated carbocycles. The summed E-state index contributed by atoms with van der Waals surface area (Å²) in [5, 5.41) is 0. The molecule has 0 heterocycles. The summed E-state index contributed by atoms with van der Waals surface area (Å²) >= 11 is 0. The minimum atomic E-state index is 0.601. The first kappa shape index (κ1) is 20.2. The van der Waals surface area contributed by atoms with Crippen LogP contribution < -0.4 is 4.74 Å². The molecule has 0 aliphatic rings. The van der Waals surface area contributed by atoms with Gasteiger partial charge >= 0.3 is 0 Å². The SMILES string of the molecule is CCCCC(CC)CN=Cc1ccc(OCc2ccc(C)c(C)c2)cc1. The maximum atomic E-state index is 5.90. The van der Waals surface area contributed by atoms with Gasteiger partial charge < -0.3 is 4.74 Å². The van der Waals surface area contributed by atoms with Gasteiger partial charge in [-0.05, 0) is 72.7 Å². The summed E-state index contributed by atoms with van der Waals surface area (Å²) in [6, 6.07) is 14.7. The molecule has 0 N–H and O–H groups in total. The number of ether oxygens (including phenoxy) is 1. The number of hydrogen-bond donors (Lipinski definition) is 0. The molecule has 0 aromatic heterocycles. The lowest BCUT2D eigenvalue weighted by atomic mass is 10.00. The average molecular weight is 352 g/mol. The van der Waals surface area contributed by atoms with Crippen LogP contribution in [0.2, 0.25) is 0 Å². The van der Waals surface area contributed by atoms with E-state index in [1.807, 2.05) is 18.3 Å². The molecular weight excluding hydrogens is 318 g/mol. The Hall–Kier alpha value is -2.09. The van der Waals surface area contributed by atoms with Crippen LogP contribution in [0, 0.1) is 19.8 Å². The Balaban J connectivity index is 1.83. The number of hydrogen-bond acceptors (Lipinski definition) is 2. The first-order valence-corrected chi connectivity index (χ1v) is 9.91. The fraction of sp³-hybridized carbons (Fsp3) is 0.458. The summed E-state index contributed by atoms with van der Waals surface area (Å²) in [6.45, 7) is 10.3. The molecule has 2 nitrogen and oxygen atoms in total. The van der Waals surface area contributed by atoms with Crippen molar-refractivity contribution in [3.05, 3.63) is 64.7 Å². The van der Waals surface area contributed by atoms with Crippen LogP contribution in [0.15, 0.2) is 47.5 Å². The standard InChI is InChI=1S/C24H33NO/c1-5-7-8-21(6-2)16-25-17-22-11-13-24(14-12-22)26-18-23-10-9-19(3)20(4)15-23/h9-15,17,21H,5-8,16,18H2,1-4H3. The number of benzene rings is 2. The lowest BCUT2D eigenvalue weighted by molar-refractivity contribution is 0.306. The minimum Gasteiger partial charge on any atom is -0.489 e. The van der Waals surface area contributed by atoms with Crippen LogP contribution in [0.4, 0.5) is 0 Å². The molecule has 2 aromatic carbocycles. The van der Waals surface area contributed by atoms with Crippen molar-refractivity contribution >= 4 is 6.21 Å². The quantitative estimate of drug-likeness (QED) is 0.447. The average Bonchev–Trinajstić information content (AvgIpc) is 2.66. The van der Waals surface area contributed by atoms with Crippen LogP contribution in [0.5, 0.6) is 5.75 Å². The lowest BCUT2D eigenvalue weighted by Crippen LogP contribution is -2.03. The van der Waals surface area contributed by atoms with E-state index in [1.54, 1.807) is 0 Å². The molecule has 0 aliphatic carbocycles. The van der Waals surface area contributed by atoms with E-state index in [4.69, 9.17) is 4.74 Å². The number of aryl methyl sites for hydroxylation is 2. The molecule has 0 bridgehead atoms. The van der Waals surface area contributed by atoms with Crippen molar-refractivity contribution < 1.29 is 4.74 Å². The van der Waals surface area contributed by atoms with Gasteiger partial charge in [-0.1, -0.05) is 51.3 Å². The maximum Gasteiger partial charge on any atom is 0.119 e. The van der Waals surface area contributed by atoms with Crippen LogP contribution >= 0.6 is 0 Å². The zero-order valence-corrected chi connectivity index (χ0v) is 16.8. The Morgan fingerprint density at radius 2 is 1.77 bits per heavy atom. The van der Waals surface area contributed by atoms with Gasteiger partial charge in [0, 0.05) is 12.8 Å². The molecule has 26 heavy (non-hydrogen) atoms. The summed E-state index contributed by atoms with van der Waals surface area (Å²) in [7, 11) is 0. The van der Waals surface area contributed by atoms with Crippen molar-refractivity contribution in [2.24, 2.45) is 10.9 Å². The van der Waals surface area contributed by atoms with E-state index in [9.17, 15) is 0 Å². The van der Waals surface area contributed by atoms with Gasteiger partial charge in [-0.3, -0.25) is 4.99 Å². The highest BCUT2D eigenvalue weighted by Gasteiger charge is 2.04. The van der Waals surface area contributed by atoms with Crippen LogP contribution in [0.3, 0.4) is 0 Å². The fourth-order valence-electron chi connectivity index (χ4n) is 2.93. The normalized spacial score (nSPS) is 12.5. The van der Waals surface area contributed by atoms with Crippen LogP contribution in [-0.4, -0.2) is 12.8 Å². The van der Waals surface area contributed by atoms with Gasteiger partial charge in [-0.15, -0.1) is 0 Å². The zero-order chi connectivity index (χ0) is 18.8. The number of aliphatic imine (C=N–C) groups is 1. The van der Waals surface area contributed by atoms with Gasteiger partial charge in [-0.25, -0.2) is 0 Å². The van der Waals surface area contributed by atoms with Crippen LogP contribution in [0.1, 0.15) is 61.8 Å². The van der Waals surface area contributed by atoms with Crippen molar-refractivity contribution in [2.45, 2.75) is 60.0 Å². The Kier molecular flexibility index (Phi) is 8.40. The van der Waals surface area contributed by atoms with Gasteiger partial charge in [0.25, 0.3) is 0 Å². The second-order valence-corrected chi connectivity index (χ2v) is 7.19. The van der Waals surface area contributed by atoms with E-state index < -0.39 is 0 Å². The highest BCUT2D eigenvalue weighted by atomic mass is 16.5. The van der Waals surface area contributed by atoms with E-state index in [1.165, 1.54) is 42.4 Å². The Morgan fingerprint density at radius 1 is 1.00 bits per heavy atom. The van der Waals surface area contributed by atoms with Crippen LogP contribution in [-0.2, 0) is 6.61 Å². The fourth-order valence-corrected chi connectivity index (χ4v) is 2.93. The third kappa shape index (κ3) is 6.67. The van der Waals surface area contributed by atoms with E-state index >= 15 is 0 Å². The third-order valence-electron chi connectivity index (χ3n) is 5.00. The van der Waals surface area contributed by atoms with Gasteiger partial charge in [0.2, 0.25) is 0 Å². The van der Waals surface area contributed by atoms with Gasteiger partial charge in [0.05, 0.1) is 0 Å². The molecular formula is C24H33NO. The van der Waals surface area contributed by atoms with Crippen molar-refractivity contribution in [3.63, 3.8) is 0 Å². The van der Waals surface area contributed by atoms with Crippen molar-refractivity contribution in [3.8, 4) is 5.75 Å². The minimum absolute atomic E-state index is 0.601. The summed E-state index contributed by atoms with van der Waals surface area (Å²) in [5.41, 5.74) is 4.96. The Labute approximate surface area is 159 Å². The molecule has 1 atom stereocenters. The number of nitrogens with zero attached hydrogens (tertiary/aromatic N) is 1. The molecule has 0 amide bonds. The summed E-state index contributed by atoms with van der Waals surface area (Å²) in [6.07, 6.45) is 7.06. The number of unbranched alkanes of at least 4 members (excludes halogenated alkanes) is 1. The van der Waals surface area contributed by atoms with E-state index in [0.29, 0.717) is 12.5 Å². The zero-order valence-electron chi connectivity index (χ0n) is 16.8. The molecule has 0 saturated heterocycles. The predicted octanol–water partition coefficient (Wildman–Crippen LogP) is 6.52. The van der Waals surface area contributed by atoms with Gasteiger partial charge in [-0.2, -0.15) is 0 Å². The first-order valence-electron chi connectivity index (χ1n) is 9.91. The summed E-state index contributed by atoms with van der Waals surface area (Å²) in [4.78, 5) is 4.64. The van der Waals surface area contributed by atoms with Crippen molar-refractivity contribution in [1.82, 2.24) is 0 Å². The third-order valence-corrected chi connectivity index (χ3v) is 5.00. The van der Waals surface area contributed by atoms with Crippen molar-refractivity contribution in [1.29, 1.82) is 0 Å². The Bertz CT molecular complexity index is 688. The molecule has 0 spiro atoms. The highest BCUT2D eigenvalue weighted by Crippen LogP contribution is 2.16. The van der Waals surface area contributed by atoms with Gasteiger partial charge in [0.1, 0.15) is 12.4 Å². The summed E-state index contributed by atoms with van der Waals surface area (Å²) < 4.78 is 5.90. The smallest absolute Gasteiger partial charge is 0.119 e. The van der Waals surface area contributed by atoms with Gasteiger partial charge in [0.15, 0.2) is 0 Å². The van der Waals surface area contributed by atoms with E-state index in [2.05, 4.69) is 63.0 Å².